The highest BCUT2D eigenvalue weighted by molar-refractivity contribution is 6.60. The van der Waals surface area contributed by atoms with Gasteiger partial charge in [-0.1, -0.05) is 40.9 Å². The van der Waals surface area contributed by atoms with Crippen molar-refractivity contribution in [2.75, 3.05) is 18.1 Å². The molecule has 5 nitrogen and oxygen atoms in total. The number of hydrogen-bond acceptors (Lipinski definition) is 4. The van der Waals surface area contributed by atoms with Crippen LogP contribution in [0.15, 0.2) is 41.4 Å². The lowest BCUT2D eigenvalue weighted by atomic mass is 10.1. The van der Waals surface area contributed by atoms with Gasteiger partial charge in [0.25, 0.3) is 11.8 Å². The molecule has 0 aliphatic carbocycles. The van der Waals surface area contributed by atoms with Crippen molar-refractivity contribution in [3.63, 3.8) is 0 Å². The maximum atomic E-state index is 13.0. The number of nitrogens with zero attached hydrogens (tertiary/aromatic N) is 1. The lowest BCUT2D eigenvalue weighted by Gasteiger charge is -2.18. The van der Waals surface area contributed by atoms with Crippen LogP contribution in [0.2, 0.25) is 10.0 Å². The van der Waals surface area contributed by atoms with Gasteiger partial charge in [0.05, 0.1) is 29.5 Å². The summed E-state index contributed by atoms with van der Waals surface area (Å²) in [4.78, 5) is 26.8. The zero-order valence-corrected chi connectivity index (χ0v) is 17.4. The number of carbonyl (C=O) groups is 2. The van der Waals surface area contributed by atoms with E-state index < -0.39 is 11.8 Å². The third-order valence-electron chi connectivity index (χ3n) is 4.01. The summed E-state index contributed by atoms with van der Waals surface area (Å²) < 4.78 is 11.1. The van der Waals surface area contributed by atoms with Crippen LogP contribution in [0.4, 0.5) is 5.69 Å². The quantitative estimate of drug-likeness (QED) is 0.571. The Morgan fingerprint density at radius 1 is 0.857 bits per heavy atom. The van der Waals surface area contributed by atoms with Gasteiger partial charge in [-0.2, -0.15) is 0 Å². The smallest absolute Gasteiger partial charge is 0.277 e. The van der Waals surface area contributed by atoms with Gasteiger partial charge in [-0.25, -0.2) is 4.90 Å². The summed E-state index contributed by atoms with van der Waals surface area (Å²) in [5, 5.41) is 0.429. The van der Waals surface area contributed by atoms with Crippen molar-refractivity contribution in [1.82, 2.24) is 0 Å². The zero-order valence-electron chi connectivity index (χ0n) is 15.1. The fourth-order valence-electron chi connectivity index (χ4n) is 2.84. The van der Waals surface area contributed by atoms with Crippen LogP contribution in [0.5, 0.6) is 11.5 Å². The second-order valence-electron chi connectivity index (χ2n) is 5.76. The SMILES string of the molecule is CCOc1ccc(N2C(=O)C(Cl)=C(c3ccc(Cl)cc3Cl)C2=O)cc1OCC. The molecule has 146 valence electrons. The molecule has 1 aliphatic heterocycles. The fraction of sp³-hybridized carbons (Fsp3) is 0.200. The summed E-state index contributed by atoms with van der Waals surface area (Å²) >= 11 is 18.3. The van der Waals surface area contributed by atoms with E-state index in [-0.39, 0.29) is 15.6 Å². The first-order valence-electron chi connectivity index (χ1n) is 8.52. The number of carbonyl (C=O) groups excluding carboxylic acids is 2. The molecular formula is C20H16Cl3NO4. The number of ether oxygens (including phenoxy) is 2. The Kier molecular flexibility index (Phi) is 6.18. The molecule has 3 rings (SSSR count). The third kappa shape index (κ3) is 3.70. The lowest BCUT2D eigenvalue weighted by Crippen LogP contribution is -2.31. The van der Waals surface area contributed by atoms with Crippen LogP contribution in [0.1, 0.15) is 19.4 Å². The average Bonchev–Trinajstić information content (AvgIpc) is 2.87. The van der Waals surface area contributed by atoms with Crippen LogP contribution in [0, 0.1) is 0 Å². The van der Waals surface area contributed by atoms with Crippen molar-refractivity contribution in [2.45, 2.75) is 13.8 Å². The highest BCUT2D eigenvalue weighted by Gasteiger charge is 2.40. The van der Waals surface area contributed by atoms with Crippen molar-refractivity contribution < 1.29 is 19.1 Å². The Balaban J connectivity index is 2.03. The molecule has 0 saturated heterocycles. The lowest BCUT2D eigenvalue weighted by molar-refractivity contribution is -0.119. The van der Waals surface area contributed by atoms with Gasteiger partial charge in [0.1, 0.15) is 5.03 Å². The minimum Gasteiger partial charge on any atom is -0.490 e. The molecule has 1 aliphatic rings. The molecular weight excluding hydrogens is 425 g/mol. The molecule has 1 heterocycles. The Morgan fingerprint density at radius 2 is 1.54 bits per heavy atom. The van der Waals surface area contributed by atoms with E-state index in [1.807, 2.05) is 13.8 Å². The molecule has 28 heavy (non-hydrogen) atoms. The second kappa shape index (κ2) is 8.43. The van der Waals surface area contributed by atoms with Crippen molar-refractivity contribution in [3.05, 3.63) is 57.0 Å². The maximum absolute atomic E-state index is 13.0. The summed E-state index contributed by atoms with van der Waals surface area (Å²) in [7, 11) is 0. The largest absolute Gasteiger partial charge is 0.490 e. The van der Waals surface area contributed by atoms with Crippen molar-refractivity contribution in [1.29, 1.82) is 0 Å². The zero-order chi connectivity index (χ0) is 20.4. The molecule has 2 aromatic carbocycles. The van der Waals surface area contributed by atoms with Gasteiger partial charge < -0.3 is 9.47 Å². The number of benzene rings is 2. The first-order chi connectivity index (χ1) is 13.4. The molecule has 0 unspecified atom stereocenters. The first kappa shape index (κ1) is 20.5. The topological polar surface area (TPSA) is 55.8 Å². The monoisotopic (exact) mass is 439 g/mol. The maximum Gasteiger partial charge on any atom is 0.277 e. The number of rotatable bonds is 6. The van der Waals surface area contributed by atoms with E-state index in [1.54, 1.807) is 30.3 Å². The number of anilines is 1. The highest BCUT2D eigenvalue weighted by Crippen LogP contribution is 2.40. The summed E-state index contributed by atoms with van der Waals surface area (Å²) in [6, 6.07) is 9.43. The van der Waals surface area contributed by atoms with Crippen LogP contribution in [0.3, 0.4) is 0 Å². The van der Waals surface area contributed by atoms with E-state index in [2.05, 4.69) is 0 Å². The van der Waals surface area contributed by atoms with E-state index in [1.165, 1.54) is 6.07 Å². The Morgan fingerprint density at radius 3 is 2.18 bits per heavy atom. The van der Waals surface area contributed by atoms with E-state index >= 15 is 0 Å². The molecule has 2 amide bonds. The molecule has 0 atom stereocenters. The van der Waals surface area contributed by atoms with Crippen molar-refractivity contribution in [2.24, 2.45) is 0 Å². The number of amides is 2. The van der Waals surface area contributed by atoms with Gasteiger partial charge in [-0.3, -0.25) is 9.59 Å². The predicted molar refractivity (Wildman–Crippen MR) is 111 cm³/mol. The molecule has 0 bridgehead atoms. The van der Waals surface area contributed by atoms with Crippen LogP contribution < -0.4 is 14.4 Å². The van der Waals surface area contributed by atoms with Gasteiger partial charge in [0, 0.05) is 16.7 Å². The van der Waals surface area contributed by atoms with Crippen LogP contribution in [-0.4, -0.2) is 25.0 Å². The minimum absolute atomic E-state index is 0.0279. The molecule has 0 radical (unpaired) electrons. The molecule has 8 heteroatoms. The Hall–Kier alpha value is -2.21. The predicted octanol–water partition coefficient (Wildman–Crippen LogP) is 5.31. The van der Waals surface area contributed by atoms with E-state index in [0.717, 1.165) is 4.90 Å². The van der Waals surface area contributed by atoms with Gasteiger partial charge in [-0.05, 0) is 38.1 Å². The first-order valence-corrected chi connectivity index (χ1v) is 9.66. The number of imide groups is 1. The normalized spacial score (nSPS) is 14.1. The van der Waals surface area contributed by atoms with E-state index in [4.69, 9.17) is 44.3 Å². The Labute approximate surface area is 177 Å². The van der Waals surface area contributed by atoms with Gasteiger partial charge in [-0.15, -0.1) is 0 Å². The van der Waals surface area contributed by atoms with Crippen LogP contribution in [-0.2, 0) is 9.59 Å². The summed E-state index contributed by atoms with van der Waals surface area (Å²) in [5.74, 6) is -0.270. The van der Waals surface area contributed by atoms with Gasteiger partial charge in [0.15, 0.2) is 11.5 Å². The number of hydrogen-bond donors (Lipinski definition) is 0. The second-order valence-corrected chi connectivity index (χ2v) is 6.98. The summed E-state index contributed by atoms with van der Waals surface area (Å²) in [6.45, 7) is 4.53. The minimum atomic E-state index is -0.640. The summed E-state index contributed by atoms with van der Waals surface area (Å²) in [6.07, 6.45) is 0. The van der Waals surface area contributed by atoms with E-state index in [9.17, 15) is 9.59 Å². The third-order valence-corrected chi connectivity index (χ3v) is 4.91. The standard InChI is InChI=1S/C20H16Cl3NO4/c1-3-27-15-8-6-12(10-16(15)28-4-2)24-19(25)17(18(23)20(24)26)13-7-5-11(21)9-14(13)22/h5-10H,3-4H2,1-2H3. The van der Waals surface area contributed by atoms with Crippen molar-refractivity contribution in [3.8, 4) is 11.5 Å². The molecule has 2 aromatic rings. The van der Waals surface area contributed by atoms with Crippen LogP contribution >= 0.6 is 34.8 Å². The van der Waals surface area contributed by atoms with E-state index in [0.29, 0.717) is 41.0 Å². The number of halogens is 3. The molecule has 0 saturated carbocycles. The average molecular weight is 441 g/mol. The van der Waals surface area contributed by atoms with Gasteiger partial charge in [0.2, 0.25) is 0 Å². The summed E-state index contributed by atoms with van der Waals surface area (Å²) in [5.41, 5.74) is 0.688. The van der Waals surface area contributed by atoms with Gasteiger partial charge >= 0.3 is 0 Å². The molecule has 0 fully saturated rings. The molecule has 0 N–H and O–H groups in total. The molecule has 0 spiro atoms. The highest BCUT2D eigenvalue weighted by atomic mass is 35.5. The Bertz CT molecular complexity index is 987. The van der Waals surface area contributed by atoms with Crippen LogP contribution in [0.25, 0.3) is 5.57 Å². The van der Waals surface area contributed by atoms with Crippen molar-refractivity contribution >= 4 is 57.9 Å². The fourth-order valence-corrected chi connectivity index (χ4v) is 3.61. The molecule has 0 aromatic heterocycles.